The maximum Gasteiger partial charge on any atom is 0.491 e. The van der Waals surface area contributed by atoms with E-state index in [0.29, 0.717) is 17.7 Å². The number of likely N-dealkylation sites (N-methyl/N-ethyl adjacent to an activating group) is 1. The van der Waals surface area contributed by atoms with Gasteiger partial charge in [-0.05, 0) is 51.8 Å². The Morgan fingerprint density at radius 2 is 1.92 bits per heavy atom. The summed E-state index contributed by atoms with van der Waals surface area (Å²) in [5, 5.41) is 11.8. The van der Waals surface area contributed by atoms with Gasteiger partial charge in [-0.2, -0.15) is 5.26 Å². The monoisotopic (exact) mass is 330 g/mol. The molecule has 0 aromatic heterocycles. The summed E-state index contributed by atoms with van der Waals surface area (Å²) in [4.78, 5) is 0. The summed E-state index contributed by atoms with van der Waals surface area (Å²) in [6.45, 7) is 8.47. The van der Waals surface area contributed by atoms with E-state index < -0.39 is 18.3 Å². The minimum Gasteiger partial charge on any atom is -0.400 e. The van der Waals surface area contributed by atoms with Crippen LogP contribution in [0, 0.1) is 17.1 Å². The predicted octanol–water partition coefficient (Wildman–Crippen LogP) is 3.13. The fraction of sp³-hybridized carbons (Fsp3) is 0.500. The molecule has 0 saturated carbocycles. The van der Waals surface area contributed by atoms with Crippen LogP contribution in [0.5, 0.6) is 0 Å². The Bertz CT molecular complexity index is 664. The second-order valence-electron chi connectivity index (χ2n) is 7.03. The minimum absolute atomic E-state index is 0.196. The third-order valence-corrected chi connectivity index (χ3v) is 4.63. The lowest BCUT2D eigenvalue weighted by atomic mass is 9.77. The number of benzene rings is 1. The molecule has 1 N–H and O–H groups in total. The number of nitrogens with zero attached hydrogens (tertiary/aromatic N) is 1. The van der Waals surface area contributed by atoms with E-state index in [2.05, 4.69) is 5.32 Å². The number of hydrogen-bond acceptors (Lipinski definition) is 4. The summed E-state index contributed by atoms with van der Waals surface area (Å²) in [7, 11) is 1.30. The van der Waals surface area contributed by atoms with Crippen molar-refractivity contribution in [2.45, 2.75) is 45.3 Å². The van der Waals surface area contributed by atoms with E-state index >= 15 is 0 Å². The highest BCUT2D eigenvalue weighted by Crippen LogP contribution is 2.38. The Morgan fingerprint density at radius 3 is 2.42 bits per heavy atom. The molecule has 0 amide bonds. The SMILES string of the molecule is CNCC(=Cc1ccc(CC#N)cc1F)B1OC(C)(C)C(C)(C)O1. The first-order valence-corrected chi connectivity index (χ1v) is 8.06. The Balaban J connectivity index is 2.32. The van der Waals surface area contributed by atoms with Crippen LogP contribution in [0.2, 0.25) is 0 Å². The molecule has 1 aliphatic heterocycles. The average molecular weight is 330 g/mol. The molecule has 1 fully saturated rings. The van der Waals surface area contributed by atoms with Gasteiger partial charge in [-0.1, -0.05) is 18.2 Å². The van der Waals surface area contributed by atoms with E-state index in [1.165, 1.54) is 6.07 Å². The number of hydrogen-bond donors (Lipinski definition) is 1. The van der Waals surface area contributed by atoms with Crippen molar-refractivity contribution < 1.29 is 13.7 Å². The molecule has 24 heavy (non-hydrogen) atoms. The molecule has 4 nitrogen and oxygen atoms in total. The lowest BCUT2D eigenvalue weighted by Gasteiger charge is -2.32. The average Bonchev–Trinajstić information content (AvgIpc) is 2.70. The van der Waals surface area contributed by atoms with Gasteiger partial charge in [0.25, 0.3) is 0 Å². The zero-order valence-electron chi connectivity index (χ0n) is 14.9. The zero-order chi connectivity index (χ0) is 18.0. The summed E-state index contributed by atoms with van der Waals surface area (Å²) < 4.78 is 26.4. The van der Waals surface area contributed by atoms with E-state index in [1.54, 1.807) is 18.2 Å². The number of rotatable bonds is 5. The van der Waals surface area contributed by atoms with E-state index in [1.807, 2.05) is 40.8 Å². The Labute approximate surface area is 143 Å². The van der Waals surface area contributed by atoms with Gasteiger partial charge in [0.2, 0.25) is 0 Å². The van der Waals surface area contributed by atoms with Crippen LogP contribution < -0.4 is 5.32 Å². The van der Waals surface area contributed by atoms with Crippen molar-refractivity contribution in [3.05, 3.63) is 40.6 Å². The lowest BCUT2D eigenvalue weighted by molar-refractivity contribution is 0.00578. The topological polar surface area (TPSA) is 54.3 Å². The van der Waals surface area contributed by atoms with Crippen molar-refractivity contribution in [3.8, 4) is 6.07 Å². The van der Waals surface area contributed by atoms with Gasteiger partial charge in [0.15, 0.2) is 0 Å². The number of halogens is 1. The molecular weight excluding hydrogens is 306 g/mol. The maximum atomic E-state index is 14.3. The maximum absolute atomic E-state index is 14.3. The molecule has 0 unspecified atom stereocenters. The van der Waals surface area contributed by atoms with Crippen molar-refractivity contribution in [3.63, 3.8) is 0 Å². The third-order valence-electron chi connectivity index (χ3n) is 4.63. The second-order valence-corrected chi connectivity index (χ2v) is 7.03. The van der Waals surface area contributed by atoms with Gasteiger partial charge in [0.05, 0.1) is 23.7 Å². The first-order valence-electron chi connectivity index (χ1n) is 8.06. The molecule has 1 aliphatic rings. The van der Waals surface area contributed by atoms with Gasteiger partial charge in [0, 0.05) is 12.1 Å². The molecule has 1 aromatic carbocycles. The molecule has 2 rings (SSSR count). The number of nitriles is 1. The second kappa shape index (κ2) is 7.06. The normalized spacial score (nSPS) is 19.4. The summed E-state index contributed by atoms with van der Waals surface area (Å²) in [6.07, 6.45) is 1.95. The van der Waals surface area contributed by atoms with Crippen molar-refractivity contribution in [1.82, 2.24) is 5.32 Å². The molecule has 0 aliphatic carbocycles. The van der Waals surface area contributed by atoms with Crippen LogP contribution in [0.25, 0.3) is 6.08 Å². The van der Waals surface area contributed by atoms with Crippen LogP contribution in [0.3, 0.4) is 0 Å². The Hall–Kier alpha value is -1.68. The number of nitrogens with one attached hydrogen (secondary N) is 1. The van der Waals surface area contributed by atoms with Crippen molar-refractivity contribution >= 4 is 13.2 Å². The molecule has 128 valence electrons. The predicted molar refractivity (Wildman–Crippen MR) is 93.7 cm³/mol. The Kier molecular flexibility index (Phi) is 5.49. The fourth-order valence-corrected chi connectivity index (χ4v) is 2.49. The smallest absolute Gasteiger partial charge is 0.400 e. The van der Waals surface area contributed by atoms with Crippen LogP contribution in [-0.2, 0) is 15.7 Å². The van der Waals surface area contributed by atoms with E-state index in [0.717, 1.165) is 5.47 Å². The summed E-state index contributed by atoms with van der Waals surface area (Å²) >= 11 is 0. The standard InChI is InChI=1S/C18H24BFN2O2/c1-17(2)18(3,4)24-19(23-17)15(12-22-5)11-14-7-6-13(8-9-21)10-16(14)20/h6-7,10-11,22H,8,12H2,1-5H3. The van der Waals surface area contributed by atoms with E-state index in [9.17, 15) is 4.39 Å². The van der Waals surface area contributed by atoms with Gasteiger partial charge in [0.1, 0.15) is 5.82 Å². The van der Waals surface area contributed by atoms with Crippen LogP contribution in [0.15, 0.2) is 23.7 Å². The molecule has 1 aromatic rings. The van der Waals surface area contributed by atoms with Crippen molar-refractivity contribution in [1.29, 1.82) is 5.26 Å². The molecule has 6 heteroatoms. The first kappa shape index (κ1) is 18.7. The van der Waals surface area contributed by atoms with Gasteiger partial charge >= 0.3 is 7.12 Å². The highest BCUT2D eigenvalue weighted by Gasteiger charge is 2.52. The van der Waals surface area contributed by atoms with Gasteiger partial charge in [-0.3, -0.25) is 0 Å². The molecule has 1 heterocycles. The van der Waals surface area contributed by atoms with Gasteiger partial charge < -0.3 is 14.6 Å². The highest BCUT2D eigenvalue weighted by molar-refractivity contribution is 6.55. The molecule has 0 bridgehead atoms. The van der Waals surface area contributed by atoms with E-state index in [-0.39, 0.29) is 12.2 Å². The van der Waals surface area contributed by atoms with Crippen LogP contribution >= 0.6 is 0 Å². The molecule has 0 spiro atoms. The highest BCUT2D eigenvalue weighted by atomic mass is 19.1. The largest absolute Gasteiger partial charge is 0.491 e. The van der Waals surface area contributed by atoms with E-state index in [4.69, 9.17) is 14.6 Å². The lowest BCUT2D eigenvalue weighted by Crippen LogP contribution is -2.41. The Morgan fingerprint density at radius 1 is 1.29 bits per heavy atom. The van der Waals surface area contributed by atoms with Crippen LogP contribution in [-0.4, -0.2) is 31.9 Å². The van der Waals surface area contributed by atoms with Gasteiger partial charge in [-0.25, -0.2) is 4.39 Å². The summed E-state index contributed by atoms with van der Waals surface area (Å²) in [6, 6.07) is 6.87. The summed E-state index contributed by atoms with van der Waals surface area (Å²) in [5.74, 6) is -0.354. The minimum atomic E-state index is -0.527. The van der Waals surface area contributed by atoms with Crippen LogP contribution in [0.4, 0.5) is 4.39 Å². The molecular formula is C18H24BFN2O2. The molecule has 0 atom stereocenters. The first-order chi connectivity index (χ1) is 11.2. The summed E-state index contributed by atoms with van der Waals surface area (Å²) in [5.41, 5.74) is 1.05. The van der Waals surface area contributed by atoms with Crippen molar-refractivity contribution in [2.24, 2.45) is 0 Å². The van der Waals surface area contributed by atoms with Crippen molar-refractivity contribution in [2.75, 3.05) is 13.6 Å². The zero-order valence-corrected chi connectivity index (χ0v) is 14.9. The van der Waals surface area contributed by atoms with Crippen LogP contribution in [0.1, 0.15) is 38.8 Å². The quantitative estimate of drug-likeness (QED) is 0.843. The fourth-order valence-electron chi connectivity index (χ4n) is 2.49. The molecule has 0 radical (unpaired) electrons. The van der Waals surface area contributed by atoms with Gasteiger partial charge in [-0.15, -0.1) is 0 Å². The molecule has 1 saturated heterocycles. The third kappa shape index (κ3) is 3.86.